The number of hydrogen-bond acceptors (Lipinski definition) is 6. The van der Waals surface area contributed by atoms with Crippen molar-refractivity contribution in [1.82, 2.24) is 24.6 Å². The third-order valence-corrected chi connectivity index (χ3v) is 8.92. The van der Waals surface area contributed by atoms with Crippen molar-refractivity contribution in [1.29, 1.82) is 0 Å². The molecule has 10 heteroatoms. The Hall–Kier alpha value is -4.15. The minimum Gasteiger partial charge on any atom is -0.337 e. The molecule has 2 N–H and O–H groups in total. The Kier molecular flexibility index (Phi) is 8.41. The molecule has 0 aliphatic heterocycles. The molecule has 0 radical (unpaired) electrons. The molecule has 0 fully saturated rings. The molecule has 0 unspecified atom stereocenters. The molecule has 2 heterocycles. The number of carbonyl (C=O) groups is 1. The highest BCUT2D eigenvalue weighted by Gasteiger charge is 2.18. The van der Waals surface area contributed by atoms with Gasteiger partial charge in [0.1, 0.15) is 11.3 Å². The first kappa shape index (κ1) is 28.4. The molecule has 0 spiro atoms. The molecule has 5 aromatic rings. The standard InChI is InChI=1S/C31H31N5O3S2/c1-21-9-15-27(16-10-21)41(38,39)35-31(37)32-18-17-24-11-13-25(14-12-24)36-28(20-40-26-7-5-4-6-8-26)34-29-22(2)19-23(3)33-30(29)36/h4-16,19H,17-18,20H2,1-3H3,(H2,32,35,37). The molecule has 2 amide bonds. The number of imidazole rings is 1. The van der Waals surface area contributed by atoms with E-state index in [-0.39, 0.29) is 11.4 Å². The first-order valence-corrected chi connectivity index (χ1v) is 15.7. The van der Waals surface area contributed by atoms with Gasteiger partial charge in [0.15, 0.2) is 5.65 Å². The third-order valence-electron chi connectivity index (χ3n) is 6.57. The normalized spacial score (nSPS) is 11.5. The number of urea groups is 1. The molecule has 3 aromatic carbocycles. The fraction of sp³-hybridized carbons (Fsp3) is 0.194. The molecule has 0 aliphatic rings. The van der Waals surface area contributed by atoms with Gasteiger partial charge >= 0.3 is 6.03 Å². The van der Waals surface area contributed by atoms with E-state index in [4.69, 9.17) is 9.97 Å². The average Bonchev–Trinajstić information content (AvgIpc) is 3.31. The number of carbonyl (C=O) groups excluding carboxylic acids is 1. The monoisotopic (exact) mass is 585 g/mol. The Morgan fingerprint density at radius 2 is 1.61 bits per heavy atom. The summed E-state index contributed by atoms with van der Waals surface area (Å²) >= 11 is 1.73. The van der Waals surface area contributed by atoms with Gasteiger partial charge in [-0.3, -0.25) is 4.57 Å². The highest BCUT2D eigenvalue weighted by molar-refractivity contribution is 7.98. The van der Waals surface area contributed by atoms with Gasteiger partial charge in [0.05, 0.1) is 10.6 Å². The third kappa shape index (κ3) is 6.78. The number of thioether (sulfide) groups is 1. The smallest absolute Gasteiger partial charge is 0.328 e. The van der Waals surface area contributed by atoms with Crippen molar-refractivity contribution in [3.05, 3.63) is 113 Å². The Labute approximate surface area is 244 Å². The van der Waals surface area contributed by atoms with Gasteiger partial charge < -0.3 is 5.32 Å². The Balaban J connectivity index is 1.28. The van der Waals surface area contributed by atoms with Gasteiger partial charge in [0, 0.05) is 22.8 Å². The Morgan fingerprint density at radius 1 is 0.902 bits per heavy atom. The SMILES string of the molecule is Cc1ccc(S(=O)(=O)NC(=O)NCCc2ccc(-n3c(CSc4ccccc4)nc4c(C)cc(C)nc43)cc2)cc1. The quantitative estimate of drug-likeness (QED) is 0.210. The second-order valence-corrected chi connectivity index (χ2v) is 12.5. The number of aryl methyl sites for hydroxylation is 3. The van der Waals surface area contributed by atoms with Crippen LogP contribution in [-0.4, -0.2) is 35.5 Å². The molecule has 2 aromatic heterocycles. The summed E-state index contributed by atoms with van der Waals surface area (Å²) in [5.74, 6) is 1.60. The number of benzene rings is 3. The number of hydrogen-bond donors (Lipinski definition) is 2. The van der Waals surface area contributed by atoms with Crippen LogP contribution in [0.15, 0.2) is 94.7 Å². The predicted octanol–water partition coefficient (Wildman–Crippen LogP) is 5.87. The van der Waals surface area contributed by atoms with Crippen LogP contribution in [0.3, 0.4) is 0 Å². The van der Waals surface area contributed by atoms with Gasteiger partial charge in [-0.15, -0.1) is 11.8 Å². The lowest BCUT2D eigenvalue weighted by atomic mass is 10.1. The van der Waals surface area contributed by atoms with Gasteiger partial charge in [-0.25, -0.2) is 27.9 Å². The van der Waals surface area contributed by atoms with Crippen LogP contribution in [0, 0.1) is 20.8 Å². The molecular weight excluding hydrogens is 555 g/mol. The van der Waals surface area contributed by atoms with E-state index < -0.39 is 16.1 Å². The number of sulfonamides is 1. The fourth-order valence-corrected chi connectivity index (χ4v) is 6.27. The summed E-state index contributed by atoms with van der Waals surface area (Å²) in [4.78, 5) is 23.3. The fourth-order valence-electron chi connectivity index (χ4n) is 4.50. The molecule has 0 saturated heterocycles. The summed E-state index contributed by atoms with van der Waals surface area (Å²) < 4.78 is 29.1. The van der Waals surface area contributed by atoms with Gasteiger partial charge in [-0.1, -0.05) is 48.0 Å². The number of pyridine rings is 1. The summed E-state index contributed by atoms with van der Waals surface area (Å²) in [6.07, 6.45) is 0.538. The minimum atomic E-state index is -3.93. The van der Waals surface area contributed by atoms with Crippen LogP contribution >= 0.6 is 11.8 Å². The van der Waals surface area contributed by atoms with Crippen molar-refractivity contribution in [3.8, 4) is 5.69 Å². The van der Waals surface area contributed by atoms with E-state index in [1.165, 1.54) is 17.0 Å². The largest absolute Gasteiger partial charge is 0.337 e. The molecular formula is C31H31N5O3S2. The van der Waals surface area contributed by atoms with Gasteiger partial charge in [0.25, 0.3) is 10.0 Å². The Morgan fingerprint density at radius 3 is 2.32 bits per heavy atom. The summed E-state index contributed by atoms with van der Waals surface area (Å²) in [5, 5.41) is 2.63. The lowest BCUT2D eigenvalue weighted by molar-refractivity contribution is 0.246. The van der Waals surface area contributed by atoms with Crippen LogP contribution in [0.2, 0.25) is 0 Å². The molecule has 210 valence electrons. The van der Waals surface area contributed by atoms with Crippen LogP contribution in [-0.2, 0) is 22.2 Å². The lowest BCUT2D eigenvalue weighted by Gasteiger charge is -2.11. The number of nitrogens with zero attached hydrogens (tertiary/aromatic N) is 3. The number of nitrogens with one attached hydrogen (secondary N) is 2. The number of rotatable bonds is 9. The zero-order valence-corrected chi connectivity index (χ0v) is 24.7. The van der Waals surface area contributed by atoms with Crippen molar-refractivity contribution < 1.29 is 13.2 Å². The molecule has 41 heavy (non-hydrogen) atoms. The van der Waals surface area contributed by atoms with Crippen LogP contribution in [0.4, 0.5) is 4.79 Å². The van der Waals surface area contributed by atoms with E-state index in [1.54, 1.807) is 23.9 Å². The summed E-state index contributed by atoms with van der Waals surface area (Å²) in [6, 6.07) is 25.9. The minimum absolute atomic E-state index is 0.0438. The molecule has 5 rings (SSSR count). The average molecular weight is 586 g/mol. The van der Waals surface area contributed by atoms with Crippen molar-refractivity contribution in [2.75, 3.05) is 6.54 Å². The van der Waals surface area contributed by atoms with E-state index in [1.807, 2.05) is 62.4 Å². The topological polar surface area (TPSA) is 106 Å². The van der Waals surface area contributed by atoms with Gasteiger partial charge in [-0.2, -0.15) is 0 Å². The Bertz CT molecular complexity index is 1780. The zero-order valence-electron chi connectivity index (χ0n) is 23.1. The number of fused-ring (bicyclic) bond motifs is 1. The van der Waals surface area contributed by atoms with Crippen molar-refractivity contribution in [2.45, 2.75) is 42.7 Å². The maximum absolute atomic E-state index is 12.4. The van der Waals surface area contributed by atoms with Crippen LogP contribution in [0.5, 0.6) is 0 Å². The summed E-state index contributed by atoms with van der Waals surface area (Å²) in [6.45, 7) is 6.19. The molecule has 0 bridgehead atoms. The summed E-state index contributed by atoms with van der Waals surface area (Å²) in [5.41, 5.74) is 6.62. The maximum atomic E-state index is 12.4. The van der Waals surface area contributed by atoms with Crippen molar-refractivity contribution in [2.24, 2.45) is 0 Å². The van der Waals surface area contributed by atoms with Crippen molar-refractivity contribution in [3.63, 3.8) is 0 Å². The van der Waals surface area contributed by atoms with Crippen LogP contribution in [0.1, 0.15) is 28.2 Å². The highest BCUT2D eigenvalue weighted by atomic mass is 32.2. The summed E-state index contributed by atoms with van der Waals surface area (Å²) in [7, 11) is -3.93. The molecule has 8 nitrogen and oxygen atoms in total. The second-order valence-electron chi connectivity index (χ2n) is 9.81. The molecule has 0 aliphatic carbocycles. The van der Waals surface area contributed by atoms with Crippen molar-refractivity contribution >= 4 is 39.0 Å². The predicted molar refractivity (Wildman–Crippen MR) is 163 cm³/mol. The number of amides is 2. The first-order valence-electron chi connectivity index (χ1n) is 13.2. The van der Waals surface area contributed by atoms with Crippen LogP contribution in [0.25, 0.3) is 16.9 Å². The zero-order chi connectivity index (χ0) is 29.0. The molecule has 0 saturated carbocycles. The van der Waals surface area contributed by atoms with Gasteiger partial charge in [-0.05, 0) is 80.8 Å². The van der Waals surface area contributed by atoms with E-state index in [2.05, 4.69) is 33.7 Å². The lowest BCUT2D eigenvalue weighted by Crippen LogP contribution is -2.40. The van der Waals surface area contributed by atoms with E-state index in [0.717, 1.165) is 45.1 Å². The molecule has 0 atom stereocenters. The van der Waals surface area contributed by atoms with E-state index >= 15 is 0 Å². The van der Waals surface area contributed by atoms with Gasteiger partial charge in [0.2, 0.25) is 0 Å². The second kappa shape index (κ2) is 12.2. The highest BCUT2D eigenvalue weighted by Crippen LogP contribution is 2.28. The van der Waals surface area contributed by atoms with Crippen LogP contribution < -0.4 is 10.0 Å². The first-order chi connectivity index (χ1) is 19.7. The maximum Gasteiger partial charge on any atom is 0.328 e. The van der Waals surface area contributed by atoms with E-state index in [0.29, 0.717) is 12.2 Å². The number of aromatic nitrogens is 3. The van der Waals surface area contributed by atoms with E-state index in [9.17, 15) is 13.2 Å².